The van der Waals surface area contributed by atoms with Crippen molar-refractivity contribution in [3.63, 3.8) is 0 Å². The molecule has 0 amide bonds. The summed E-state index contributed by atoms with van der Waals surface area (Å²) in [6, 6.07) is 4.06. The second-order valence-corrected chi connectivity index (χ2v) is 7.48. The van der Waals surface area contributed by atoms with Gasteiger partial charge in [-0.15, -0.1) is 0 Å². The molecule has 2 aromatic rings. The quantitative estimate of drug-likeness (QED) is 0.602. The summed E-state index contributed by atoms with van der Waals surface area (Å²) in [6.07, 6.45) is -3.06. The molecule has 2 aliphatic rings. The molecule has 4 nitrogen and oxygen atoms in total. The van der Waals surface area contributed by atoms with Gasteiger partial charge in [0, 0.05) is 6.20 Å². The van der Waals surface area contributed by atoms with Crippen LogP contribution in [-0.4, -0.2) is 25.2 Å². The maximum absolute atomic E-state index is 14.5. The van der Waals surface area contributed by atoms with E-state index in [1.54, 1.807) is 17.0 Å². The van der Waals surface area contributed by atoms with Crippen molar-refractivity contribution in [1.29, 1.82) is 0 Å². The lowest BCUT2D eigenvalue weighted by molar-refractivity contribution is -0.138. The van der Waals surface area contributed by atoms with E-state index in [4.69, 9.17) is 9.47 Å². The third-order valence-electron chi connectivity index (χ3n) is 5.19. The SMILES string of the molecule is FCOc1cc(C(F)(F)F)cnc1N1COC[C@]12CCc1c2ccc(Br)c1F. The zero-order valence-electron chi connectivity index (χ0n) is 14.3. The summed E-state index contributed by atoms with van der Waals surface area (Å²) in [4.78, 5) is 5.53. The first-order valence-electron chi connectivity index (χ1n) is 8.36. The molecule has 10 heteroatoms. The molecule has 0 saturated carbocycles. The van der Waals surface area contributed by atoms with Crippen LogP contribution < -0.4 is 9.64 Å². The van der Waals surface area contributed by atoms with Crippen LogP contribution in [0.15, 0.2) is 28.9 Å². The fourth-order valence-electron chi connectivity index (χ4n) is 3.90. The lowest BCUT2D eigenvalue weighted by atomic mass is 9.91. The summed E-state index contributed by atoms with van der Waals surface area (Å²) >= 11 is 3.16. The number of alkyl halides is 4. The maximum atomic E-state index is 14.5. The van der Waals surface area contributed by atoms with Gasteiger partial charge in [0.15, 0.2) is 11.6 Å². The van der Waals surface area contributed by atoms with Crippen molar-refractivity contribution in [1.82, 2.24) is 4.98 Å². The summed E-state index contributed by atoms with van der Waals surface area (Å²) in [5.74, 6) is -0.686. The molecule has 1 aliphatic carbocycles. The molecule has 28 heavy (non-hydrogen) atoms. The van der Waals surface area contributed by atoms with Crippen LogP contribution in [0.25, 0.3) is 0 Å². The van der Waals surface area contributed by atoms with Gasteiger partial charge in [-0.2, -0.15) is 13.2 Å². The molecule has 1 saturated heterocycles. The summed E-state index contributed by atoms with van der Waals surface area (Å²) in [5.41, 5.74) is -0.656. The van der Waals surface area contributed by atoms with Crippen LogP contribution in [0.3, 0.4) is 0 Å². The van der Waals surface area contributed by atoms with E-state index in [1.165, 1.54) is 0 Å². The molecule has 0 N–H and O–H groups in total. The molecule has 0 unspecified atom stereocenters. The number of hydrogen-bond donors (Lipinski definition) is 0. The van der Waals surface area contributed by atoms with Crippen molar-refractivity contribution in [3.05, 3.63) is 51.4 Å². The molecule has 1 atom stereocenters. The first-order valence-corrected chi connectivity index (χ1v) is 9.16. The van der Waals surface area contributed by atoms with Crippen LogP contribution in [0.5, 0.6) is 5.75 Å². The van der Waals surface area contributed by atoms with E-state index in [0.29, 0.717) is 40.7 Å². The van der Waals surface area contributed by atoms with Gasteiger partial charge in [0.25, 0.3) is 0 Å². The number of aromatic nitrogens is 1. The van der Waals surface area contributed by atoms with Gasteiger partial charge in [-0.1, -0.05) is 6.07 Å². The van der Waals surface area contributed by atoms with Crippen molar-refractivity contribution in [3.8, 4) is 5.75 Å². The van der Waals surface area contributed by atoms with E-state index in [9.17, 15) is 22.0 Å². The predicted molar refractivity (Wildman–Crippen MR) is 93.2 cm³/mol. The maximum Gasteiger partial charge on any atom is 0.418 e. The average molecular weight is 465 g/mol. The van der Waals surface area contributed by atoms with Crippen LogP contribution in [0, 0.1) is 5.82 Å². The van der Waals surface area contributed by atoms with Gasteiger partial charge in [0.1, 0.15) is 12.5 Å². The number of halogens is 6. The van der Waals surface area contributed by atoms with Gasteiger partial charge < -0.3 is 14.4 Å². The summed E-state index contributed by atoms with van der Waals surface area (Å²) in [6.45, 7) is -1.09. The van der Waals surface area contributed by atoms with E-state index < -0.39 is 24.1 Å². The van der Waals surface area contributed by atoms with Gasteiger partial charge in [0.2, 0.25) is 6.86 Å². The standard InChI is InChI=1S/C18H14BrF5N2O2/c19-13-2-1-12-11(15(13)21)3-4-17(12)7-27-9-26(17)16-14(28-8-20)5-10(6-25-16)18(22,23)24/h1-2,5-6H,3-4,7-9H2/t17-/m0/s1. The second kappa shape index (κ2) is 6.84. The number of fused-ring (bicyclic) bond motifs is 2. The molecule has 2 heterocycles. The van der Waals surface area contributed by atoms with Crippen LogP contribution in [0.1, 0.15) is 23.1 Å². The van der Waals surface area contributed by atoms with Crippen molar-refractivity contribution >= 4 is 21.7 Å². The third-order valence-corrected chi connectivity index (χ3v) is 5.80. The Morgan fingerprint density at radius 2 is 2.11 bits per heavy atom. The molecule has 4 rings (SSSR count). The Balaban J connectivity index is 1.82. The van der Waals surface area contributed by atoms with E-state index in [1.807, 2.05) is 0 Å². The molecule has 1 spiro atoms. The van der Waals surface area contributed by atoms with Gasteiger partial charge in [-0.25, -0.2) is 13.8 Å². The normalized spacial score (nSPS) is 21.4. The predicted octanol–water partition coefficient (Wildman–Crippen LogP) is 4.94. The zero-order valence-corrected chi connectivity index (χ0v) is 15.9. The number of nitrogens with zero attached hydrogens (tertiary/aromatic N) is 2. The van der Waals surface area contributed by atoms with Crippen LogP contribution in [-0.2, 0) is 22.9 Å². The fourth-order valence-corrected chi connectivity index (χ4v) is 4.27. The molecule has 0 radical (unpaired) electrons. The Kier molecular flexibility index (Phi) is 4.73. The lowest BCUT2D eigenvalue weighted by Gasteiger charge is -2.35. The minimum atomic E-state index is -4.64. The highest BCUT2D eigenvalue weighted by Gasteiger charge is 2.50. The topological polar surface area (TPSA) is 34.6 Å². The highest BCUT2D eigenvalue weighted by atomic mass is 79.9. The summed E-state index contributed by atoms with van der Waals surface area (Å²) in [7, 11) is 0. The van der Waals surface area contributed by atoms with Crippen molar-refractivity contribution in [2.24, 2.45) is 0 Å². The number of ether oxygens (including phenoxy) is 2. The molecule has 1 aromatic heterocycles. The fraction of sp³-hybridized carbons (Fsp3) is 0.389. The number of benzene rings is 1. The summed E-state index contributed by atoms with van der Waals surface area (Å²) < 4.78 is 77.2. The molecular formula is C18H14BrF5N2O2. The number of rotatable bonds is 3. The summed E-state index contributed by atoms with van der Waals surface area (Å²) in [5, 5.41) is 0. The molecule has 1 fully saturated rings. The van der Waals surface area contributed by atoms with Gasteiger partial charge in [0.05, 0.1) is 22.2 Å². The van der Waals surface area contributed by atoms with Crippen LogP contribution >= 0.6 is 15.9 Å². The molecule has 1 aromatic carbocycles. The Hall–Kier alpha value is -1.94. The van der Waals surface area contributed by atoms with Crippen molar-refractivity contribution in [2.45, 2.75) is 24.6 Å². The Labute approximate surface area is 165 Å². The first-order chi connectivity index (χ1) is 13.3. The minimum Gasteiger partial charge on any atom is -0.459 e. The second-order valence-electron chi connectivity index (χ2n) is 6.62. The molecule has 1 aliphatic heterocycles. The Morgan fingerprint density at radius 3 is 2.82 bits per heavy atom. The van der Waals surface area contributed by atoms with Gasteiger partial charge in [-0.3, -0.25) is 0 Å². The van der Waals surface area contributed by atoms with Crippen molar-refractivity contribution < 1.29 is 31.4 Å². The van der Waals surface area contributed by atoms with Crippen LogP contribution in [0.4, 0.5) is 27.8 Å². The number of anilines is 1. The van der Waals surface area contributed by atoms with Gasteiger partial charge >= 0.3 is 6.18 Å². The monoisotopic (exact) mass is 464 g/mol. The third kappa shape index (κ3) is 2.93. The molecule has 0 bridgehead atoms. The number of hydrogen-bond acceptors (Lipinski definition) is 4. The average Bonchev–Trinajstić information content (AvgIpc) is 3.23. The number of pyridine rings is 1. The Bertz CT molecular complexity index is 924. The van der Waals surface area contributed by atoms with Crippen molar-refractivity contribution in [2.75, 3.05) is 25.1 Å². The highest BCUT2D eigenvalue weighted by Crippen LogP contribution is 2.50. The highest BCUT2D eigenvalue weighted by molar-refractivity contribution is 9.10. The lowest BCUT2D eigenvalue weighted by Crippen LogP contribution is -2.42. The molecular weight excluding hydrogens is 451 g/mol. The molecule has 150 valence electrons. The van der Waals surface area contributed by atoms with Crippen LogP contribution in [0.2, 0.25) is 0 Å². The Morgan fingerprint density at radius 1 is 1.32 bits per heavy atom. The smallest absolute Gasteiger partial charge is 0.418 e. The minimum absolute atomic E-state index is 0.0120. The van der Waals surface area contributed by atoms with E-state index in [-0.39, 0.29) is 30.7 Å². The van der Waals surface area contributed by atoms with E-state index >= 15 is 0 Å². The van der Waals surface area contributed by atoms with E-state index in [2.05, 4.69) is 20.9 Å². The zero-order chi connectivity index (χ0) is 20.1. The largest absolute Gasteiger partial charge is 0.459 e. The van der Waals surface area contributed by atoms with E-state index in [0.717, 1.165) is 0 Å². The first kappa shape index (κ1) is 19.4. The van der Waals surface area contributed by atoms with Gasteiger partial charge in [-0.05, 0) is 52.0 Å².